The Labute approximate surface area is 82.9 Å². The highest BCUT2D eigenvalue weighted by molar-refractivity contribution is 5.53. The zero-order chi connectivity index (χ0) is 10.4. The first-order chi connectivity index (χ1) is 6.77. The van der Waals surface area contributed by atoms with Crippen molar-refractivity contribution >= 4 is 6.08 Å². The first kappa shape index (κ1) is 10.9. The van der Waals surface area contributed by atoms with Gasteiger partial charge in [0.05, 0.1) is 6.61 Å². The van der Waals surface area contributed by atoms with E-state index in [2.05, 4.69) is 0 Å². The predicted molar refractivity (Wildman–Crippen MR) is 55.0 cm³/mol. The fourth-order valence-electron chi connectivity index (χ4n) is 1.17. The van der Waals surface area contributed by atoms with Gasteiger partial charge >= 0.3 is 0 Å². The number of nitrogens with two attached hydrogens (primary N) is 1. The number of halogens is 1. The van der Waals surface area contributed by atoms with Crippen molar-refractivity contribution in [1.82, 2.24) is 0 Å². The summed E-state index contributed by atoms with van der Waals surface area (Å²) in [6.07, 6.45) is 4.40. The molecule has 0 aliphatic carbocycles. The molecule has 1 aromatic rings. The molecule has 0 spiro atoms. The van der Waals surface area contributed by atoms with Gasteiger partial charge < -0.3 is 10.8 Å². The van der Waals surface area contributed by atoms with Crippen LogP contribution in [-0.4, -0.2) is 11.7 Å². The van der Waals surface area contributed by atoms with Gasteiger partial charge in [-0.15, -0.1) is 0 Å². The van der Waals surface area contributed by atoms with E-state index >= 15 is 0 Å². The van der Waals surface area contributed by atoms with E-state index in [-0.39, 0.29) is 12.4 Å². The summed E-state index contributed by atoms with van der Waals surface area (Å²) >= 11 is 0. The van der Waals surface area contributed by atoms with Gasteiger partial charge in [-0.3, -0.25) is 0 Å². The van der Waals surface area contributed by atoms with E-state index in [1.54, 1.807) is 12.1 Å². The maximum absolute atomic E-state index is 12.9. The maximum Gasteiger partial charge on any atom is 0.123 e. The standard InChI is InChI=1S/C11H14FNO/c12-11-5-4-10(8-14)9(7-11)3-1-2-6-13/h1,3-5,7,14H,2,6,8,13H2. The highest BCUT2D eigenvalue weighted by Crippen LogP contribution is 2.13. The minimum absolute atomic E-state index is 0.0808. The molecule has 0 aliphatic heterocycles. The summed E-state index contributed by atoms with van der Waals surface area (Å²) in [5, 5.41) is 8.98. The van der Waals surface area contributed by atoms with Gasteiger partial charge in [-0.25, -0.2) is 4.39 Å². The van der Waals surface area contributed by atoms with Crippen LogP contribution in [0.3, 0.4) is 0 Å². The lowest BCUT2D eigenvalue weighted by Gasteiger charge is -2.02. The smallest absolute Gasteiger partial charge is 0.123 e. The normalized spacial score (nSPS) is 11.1. The lowest BCUT2D eigenvalue weighted by Crippen LogP contribution is -1.95. The molecule has 0 amide bonds. The molecular formula is C11H14FNO. The third-order valence-electron chi connectivity index (χ3n) is 1.91. The van der Waals surface area contributed by atoms with Crippen molar-refractivity contribution in [2.24, 2.45) is 5.73 Å². The molecule has 76 valence electrons. The van der Waals surface area contributed by atoms with Crippen LogP contribution in [0.15, 0.2) is 24.3 Å². The summed E-state index contributed by atoms with van der Waals surface area (Å²) < 4.78 is 12.9. The van der Waals surface area contributed by atoms with Crippen molar-refractivity contribution in [3.8, 4) is 0 Å². The molecule has 0 radical (unpaired) electrons. The monoisotopic (exact) mass is 195 g/mol. The number of aliphatic hydroxyl groups excluding tert-OH is 1. The number of hydrogen-bond acceptors (Lipinski definition) is 2. The Hall–Kier alpha value is -1.19. The lowest BCUT2D eigenvalue weighted by molar-refractivity contribution is 0.281. The average molecular weight is 195 g/mol. The van der Waals surface area contributed by atoms with Gasteiger partial charge in [0.2, 0.25) is 0 Å². The molecule has 2 nitrogen and oxygen atoms in total. The van der Waals surface area contributed by atoms with E-state index in [0.29, 0.717) is 12.1 Å². The summed E-state index contributed by atoms with van der Waals surface area (Å²) in [5.41, 5.74) is 6.75. The second-order valence-electron chi connectivity index (χ2n) is 2.98. The molecule has 0 unspecified atom stereocenters. The van der Waals surface area contributed by atoms with Gasteiger partial charge in [0.15, 0.2) is 0 Å². The molecule has 3 N–H and O–H groups in total. The van der Waals surface area contributed by atoms with Crippen molar-refractivity contribution in [2.75, 3.05) is 6.54 Å². The fourth-order valence-corrected chi connectivity index (χ4v) is 1.17. The quantitative estimate of drug-likeness (QED) is 0.767. The van der Waals surface area contributed by atoms with Crippen LogP contribution in [0.1, 0.15) is 17.5 Å². The molecule has 14 heavy (non-hydrogen) atoms. The second-order valence-corrected chi connectivity index (χ2v) is 2.98. The Kier molecular flexibility index (Phi) is 4.29. The van der Waals surface area contributed by atoms with Gasteiger partial charge in [0.25, 0.3) is 0 Å². The summed E-state index contributed by atoms with van der Waals surface area (Å²) in [6, 6.07) is 4.32. The predicted octanol–water partition coefficient (Wildman–Crippen LogP) is 1.68. The Morgan fingerprint density at radius 1 is 1.43 bits per heavy atom. The minimum Gasteiger partial charge on any atom is -0.392 e. The molecule has 0 saturated heterocycles. The van der Waals surface area contributed by atoms with E-state index in [1.807, 2.05) is 6.08 Å². The Bertz CT molecular complexity index is 323. The van der Waals surface area contributed by atoms with Crippen LogP contribution in [0.25, 0.3) is 6.08 Å². The molecule has 0 bridgehead atoms. The first-order valence-corrected chi connectivity index (χ1v) is 4.54. The van der Waals surface area contributed by atoms with Crippen molar-refractivity contribution in [3.63, 3.8) is 0 Å². The molecule has 0 heterocycles. The highest BCUT2D eigenvalue weighted by Gasteiger charge is 1.99. The first-order valence-electron chi connectivity index (χ1n) is 4.54. The van der Waals surface area contributed by atoms with Crippen molar-refractivity contribution < 1.29 is 9.50 Å². The zero-order valence-electron chi connectivity index (χ0n) is 7.91. The van der Waals surface area contributed by atoms with E-state index in [4.69, 9.17) is 10.8 Å². The zero-order valence-corrected chi connectivity index (χ0v) is 7.91. The molecule has 0 aromatic heterocycles. The Morgan fingerprint density at radius 3 is 2.86 bits per heavy atom. The molecular weight excluding hydrogens is 181 g/mol. The van der Waals surface area contributed by atoms with Crippen LogP contribution in [0.2, 0.25) is 0 Å². The summed E-state index contributed by atoms with van der Waals surface area (Å²) in [5.74, 6) is -0.297. The lowest BCUT2D eigenvalue weighted by atomic mass is 10.1. The highest BCUT2D eigenvalue weighted by atomic mass is 19.1. The fraction of sp³-hybridized carbons (Fsp3) is 0.273. The van der Waals surface area contributed by atoms with Gasteiger partial charge in [-0.05, 0) is 36.2 Å². The Balaban J connectivity index is 2.87. The van der Waals surface area contributed by atoms with Crippen LogP contribution in [-0.2, 0) is 6.61 Å². The Morgan fingerprint density at radius 2 is 2.21 bits per heavy atom. The van der Waals surface area contributed by atoms with Gasteiger partial charge in [-0.2, -0.15) is 0 Å². The minimum atomic E-state index is -0.297. The van der Waals surface area contributed by atoms with Gasteiger partial charge in [0, 0.05) is 0 Å². The van der Waals surface area contributed by atoms with Crippen molar-refractivity contribution in [3.05, 3.63) is 41.2 Å². The number of hydrogen-bond donors (Lipinski definition) is 2. The van der Waals surface area contributed by atoms with Crippen LogP contribution in [0, 0.1) is 5.82 Å². The third-order valence-corrected chi connectivity index (χ3v) is 1.91. The van der Waals surface area contributed by atoms with Gasteiger partial charge in [-0.1, -0.05) is 18.2 Å². The summed E-state index contributed by atoms with van der Waals surface area (Å²) in [7, 11) is 0. The van der Waals surface area contributed by atoms with Crippen LogP contribution in [0.4, 0.5) is 4.39 Å². The van der Waals surface area contributed by atoms with Gasteiger partial charge in [0.1, 0.15) is 5.82 Å². The topological polar surface area (TPSA) is 46.2 Å². The molecule has 1 rings (SSSR count). The van der Waals surface area contributed by atoms with E-state index in [9.17, 15) is 4.39 Å². The number of aliphatic hydroxyl groups is 1. The number of rotatable bonds is 4. The van der Waals surface area contributed by atoms with Crippen LogP contribution >= 0.6 is 0 Å². The van der Waals surface area contributed by atoms with E-state index in [0.717, 1.165) is 12.0 Å². The molecule has 0 saturated carbocycles. The number of benzene rings is 1. The van der Waals surface area contributed by atoms with E-state index in [1.165, 1.54) is 12.1 Å². The SMILES string of the molecule is NCCC=Cc1cc(F)ccc1CO. The molecule has 3 heteroatoms. The van der Waals surface area contributed by atoms with Crippen molar-refractivity contribution in [1.29, 1.82) is 0 Å². The third kappa shape index (κ3) is 2.94. The molecule has 0 atom stereocenters. The molecule has 1 aromatic carbocycles. The van der Waals surface area contributed by atoms with Crippen molar-refractivity contribution in [2.45, 2.75) is 13.0 Å². The van der Waals surface area contributed by atoms with Crippen LogP contribution in [0.5, 0.6) is 0 Å². The van der Waals surface area contributed by atoms with E-state index < -0.39 is 0 Å². The molecule has 0 aliphatic rings. The van der Waals surface area contributed by atoms with Crippen LogP contribution < -0.4 is 5.73 Å². The molecule has 0 fully saturated rings. The largest absolute Gasteiger partial charge is 0.392 e. The average Bonchev–Trinajstić information content (AvgIpc) is 2.19. The second kappa shape index (κ2) is 5.52. The summed E-state index contributed by atoms with van der Waals surface area (Å²) in [6.45, 7) is 0.489. The summed E-state index contributed by atoms with van der Waals surface area (Å²) in [4.78, 5) is 0. The maximum atomic E-state index is 12.9.